The number of nitrogens with zero attached hydrogens (tertiary/aromatic N) is 5. The van der Waals surface area contributed by atoms with Gasteiger partial charge in [0.25, 0.3) is 0 Å². The first-order valence-corrected chi connectivity index (χ1v) is 13.4. The molecule has 196 valence electrons. The van der Waals surface area contributed by atoms with E-state index in [1.807, 2.05) is 103 Å². The Kier molecular flexibility index (Phi) is 5.86. The molecule has 0 spiro atoms. The van der Waals surface area contributed by atoms with Crippen molar-refractivity contribution in [3.05, 3.63) is 125 Å². The Bertz CT molecular complexity index is 1790. The van der Waals surface area contributed by atoms with E-state index in [2.05, 4.69) is 22.3 Å². The van der Waals surface area contributed by atoms with Crippen LogP contribution < -0.4 is 15.0 Å². The Morgan fingerprint density at radius 2 is 1.55 bits per heavy atom. The molecule has 0 aliphatic carbocycles. The minimum absolute atomic E-state index is 0.269. The van der Waals surface area contributed by atoms with Crippen LogP contribution in [0.2, 0.25) is 5.02 Å². The van der Waals surface area contributed by atoms with Crippen LogP contribution in [0, 0.1) is 6.92 Å². The van der Waals surface area contributed by atoms with Crippen LogP contribution in [0.5, 0.6) is 5.75 Å². The number of anilines is 2. The molecule has 1 atom stereocenters. The van der Waals surface area contributed by atoms with Crippen LogP contribution in [0.15, 0.2) is 113 Å². The number of hydrogen-bond acceptors (Lipinski definition) is 6. The standard InChI is InChI=1S/C32H25ClN6O/c1-20-28-29(24-12-6-9-15-27(24)40-2)38-26-14-8-7-13-25(26)35-30(34-22-18-16-21(33)17-19-22)32(38)36-31(28)39(37-20)23-10-4-3-5-11-23/h3-19,29H,1-2H3,(H,34,35)/t29-/m1/s1. The van der Waals surface area contributed by atoms with Crippen LogP contribution in [-0.4, -0.2) is 28.6 Å². The first-order valence-electron chi connectivity index (χ1n) is 13.0. The van der Waals surface area contributed by atoms with E-state index >= 15 is 0 Å². The largest absolute Gasteiger partial charge is 0.496 e. The summed E-state index contributed by atoms with van der Waals surface area (Å²) in [4.78, 5) is 12.6. The molecule has 3 heterocycles. The van der Waals surface area contributed by atoms with Crippen molar-refractivity contribution < 1.29 is 4.74 Å². The van der Waals surface area contributed by atoms with E-state index in [9.17, 15) is 0 Å². The summed E-state index contributed by atoms with van der Waals surface area (Å²) < 4.78 is 7.81. The number of amidine groups is 2. The summed E-state index contributed by atoms with van der Waals surface area (Å²) >= 11 is 6.17. The van der Waals surface area contributed by atoms with Gasteiger partial charge < -0.3 is 15.0 Å². The van der Waals surface area contributed by atoms with E-state index in [-0.39, 0.29) is 6.04 Å². The topological polar surface area (TPSA) is 67.0 Å². The second-order valence-corrected chi connectivity index (χ2v) is 10.0. The Morgan fingerprint density at radius 3 is 2.35 bits per heavy atom. The van der Waals surface area contributed by atoms with Crippen molar-refractivity contribution in [3.63, 3.8) is 0 Å². The minimum atomic E-state index is -0.269. The highest BCUT2D eigenvalue weighted by molar-refractivity contribution is 6.51. The minimum Gasteiger partial charge on any atom is -0.496 e. The molecule has 0 fully saturated rings. The lowest BCUT2D eigenvalue weighted by atomic mass is 9.92. The van der Waals surface area contributed by atoms with Crippen molar-refractivity contribution in [2.45, 2.75) is 13.0 Å². The molecule has 0 radical (unpaired) electrons. The van der Waals surface area contributed by atoms with Gasteiger partial charge in [-0.15, -0.1) is 0 Å². The maximum absolute atomic E-state index is 6.17. The van der Waals surface area contributed by atoms with Crippen LogP contribution in [0.4, 0.5) is 22.9 Å². The fourth-order valence-electron chi connectivity index (χ4n) is 5.40. The fourth-order valence-corrected chi connectivity index (χ4v) is 5.53. The molecule has 1 aromatic heterocycles. The van der Waals surface area contributed by atoms with E-state index in [1.54, 1.807) is 7.11 Å². The van der Waals surface area contributed by atoms with Gasteiger partial charge in [0.15, 0.2) is 17.5 Å². The summed E-state index contributed by atoms with van der Waals surface area (Å²) in [5.74, 6) is 2.87. The van der Waals surface area contributed by atoms with Crippen molar-refractivity contribution in [2.24, 2.45) is 9.98 Å². The number of para-hydroxylation sites is 4. The molecule has 5 aromatic rings. The number of aromatic nitrogens is 2. The average Bonchev–Trinajstić information content (AvgIpc) is 3.33. The highest BCUT2D eigenvalue weighted by Crippen LogP contribution is 2.49. The normalized spacial score (nSPS) is 15.4. The zero-order valence-electron chi connectivity index (χ0n) is 21.9. The predicted molar refractivity (Wildman–Crippen MR) is 161 cm³/mol. The van der Waals surface area contributed by atoms with Crippen molar-refractivity contribution >= 4 is 46.2 Å². The number of ether oxygens (including phenoxy) is 1. The van der Waals surface area contributed by atoms with Crippen molar-refractivity contribution in [1.29, 1.82) is 0 Å². The second-order valence-electron chi connectivity index (χ2n) is 9.60. The SMILES string of the molecule is COc1ccccc1[C@@H]1c2c(C)nn(-c3ccccc3)c2N=C2C(Nc3ccc(Cl)cc3)=Nc3ccccc3N21. The Hall–Kier alpha value is -4.88. The number of nitrogens with one attached hydrogen (secondary N) is 1. The predicted octanol–water partition coefficient (Wildman–Crippen LogP) is 7.64. The first-order chi connectivity index (χ1) is 19.6. The first kappa shape index (κ1) is 24.2. The molecule has 0 bridgehead atoms. The summed E-state index contributed by atoms with van der Waals surface area (Å²) in [5.41, 5.74) is 6.51. The number of rotatable bonds is 4. The number of benzene rings is 4. The maximum atomic E-state index is 6.17. The molecular formula is C32H25ClN6O. The van der Waals surface area contributed by atoms with Crippen molar-refractivity contribution in [3.8, 4) is 11.4 Å². The lowest BCUT2D eigenvalue weighted by Crippen LogP contribution is -2.46. The molecule has 7 rings (SSSR count). The fraction of sp³-hybridized carbons (Fsp3) is 0.0938. The molecule has 0 saturated carbocycles. The number of halogens is 1. The monoisotopic (exact) mass is 544 g/mol. The molecule has 0 saturated heterocycles. The summed E-state index contributed by atoms with van der Waals surface area (Å²) in [6, 6.07) is 33.6. The number of fused-ring (bicyclic) bond motifs is 4. The van der Waals surface area contributed by atoms with Crippen LogP contribution in [0.3, 0.4) is 0 Å². The van der Waals surface area contributed by atoms with Gasteiger partial charge in [0, 0.05) is 21.8 Å². The van der Waals surface area contributed by atoms with Crippen LogP contribution in [0.25, 0.3) is 5.69 Å². The molecule has 0 amide bonds. The Labute approximate surface area is 237 Å². The van der Waals surface area contributed by atoms with Gasteiger partial charge in [0.2, 0.25) is 0 Å². The van der Waals surface area contributed by atoms with E-state index in [0.29, 0.717) is 16.7 Å². The lowest BCUT2D eigenvalue weighted by molar-refractivity contribution is 0.407. The Balaban J connectivity index is 1.51. The quantitative estimate of drug-likeness (QED) is 0.252. The van der Waals surface area contributed by atoms with Crippen LogP contribution in [0.1, 0.15) is 22.9 Å². The van der Waals surface area contributed by atoms with Crippen LogP contribution in [-0.2, 0) is 0 Å². The highest BCUT2D eigenvalue weighted by Gasteiger charge is 2.42. The third kappa shape index (κ3) is 3.94. The second kappa shape index (κ2) is 9.70. The molecule has 8 heteroatoms. The maximum Gasteiger partial charge on any atom is 0.179 e. The molecule has 40 heavy (non-hydrogen) atoms. The number of methoxy groups -OCH3 is 1. The van der Waals surface area contributed by atoms with Gasteiger partial charge in [-0.25, -0.2) is 14.7 Å². The van der Waals surface area contributed by atoms with Crippen molar-refractivity contribution in [2.75, 3.05) is 17.3 Å². The molecule has 4 aromatic carbocycles. The molecular weight excluding hydrogens is 520 g/mol. The molecule has 0 unspecified atom stereocenters. The van der Waals surface area contributed by atoms with Gasteiger partial charge in [-0.1, -0.05) is 60.1 Å². The number of aryl methyl sites for hydroxylation is 1. The van der Waals surface area contributed by atoms with Crippen molar-refractivity contribution in [1.82, 2.24) is 9.78 Å². The third-order valence-electron chi connectivity index (χ3n) is 7.18. The van der Waals surface area contributed by atoms with Gasteiger partial charge >= 0.3 is 0 Å². The summed E-state index contributed by atoms with van der Waals surface area (Å²) in [6.45, 7) is 2.04. The smallest absolute Gasteiger partial charge is 0.179 e. The van der Waals surface area contributed by atoms with E-state index in [4.69, 9.17) is 31.4 Å². The number of hydrogen-bond donors (Lipinski definition) is 1. The zero-order chi connectivity index (χ0) is 27.2. The average molecular weight is 545 g/mol. The van der Waals surface area contributed by atoms with E-state index in [1.165, 1.54) is 0 Å². The lowest BCUT2D eigenvalue weighted by Gasteiger charge is -2.41. The molecule has 2 aliphatic heterocycles. The van der Waals surface area contributed by atoms with Gasteiger partial charge in [0.1, 0.15) is 5.75 Å². The zero-order valence-corrected chi connectivity index (χ0v) is 22.7. The van der Waals surface area contributed by atoms with Gasteiger partial charge in [-0.2, -0.15) is 5.10 Å². The van der Waals surface area contributed by atoms with Gasteiger partial charge in [0.05, 0.1) is 35.9 Å². The van der Waals surface area contributed by atoms with E-state index in [0.717, 1.165) is 51.1 Å². The summed E-state index contributed by atoms with van der Waals surface area (Å²) in [6.07, 6.45) is 0. The number of aliphatic imine (C=N–C) groups is 2. The summed E-state index contributed by atoms with van der Waals surface area (Å²) in [5, 5.41) is 9.16. The van der Waals surface area contributed by atoms with Crippen LogP contribution >= 0.6 is 11.6 Å². The van der Waals surface area contributed by atoms with Gasteiger partial charge in [-0.05, 0) is 61.5 Å². The van der Waals surface area contributed by atoms with E-state index < -0.39 is 0 Å². The van der Waals surface area contributed by atoms with Gasteiger partial charge in [-0.3, -0.25) is 0 Å². The summed E-state index contributed by atoms with van der Waals surface area (Å²) in [7, 11) is 1.71. The highest BCUT2D eigenvalue weighted by atomic mass is 35.5. The molecule has 7 nitrogen and oxygen atoms in total. The third-order valence-corrected chi connectivity index (χ3v) is 7.43. The Morgan fingerprint density at radius 1 is 0.825 bits per heavy atom. The molecule has 2 aliphatic rings. The molecule has 1 N–H and O–H groups in total.